The number of benzene rings is 3. The Bertz CT molecular complexity index is 1110. The van der Waals surface area contributed by atoms with E-state index in [-0.39, 0.29) is 134 Å². The summed E-state index contributed by atoms with van der Waals surface area (Å²) in [4.78, 5) is -0.602. The second-order valence-electron chi connectivity index (χ2n) is 5.56. The third kappa shape index (κ3) is 8.68. The first-order valence-corrected chi connectivity index (χ1v) is 11.9. The zero-order valence-electron chi connectivity index (χ0n) is 14.8. The van der Waals surface area contributed by atoms with Crippen molar-refractivity contribution in [1.29, 1.82) is 0 Å². The van der Waals surface area contributed by atoms with E-state index < -0.39 is 28.2 Å². The van der Waals surface area contributed by atoms with Crippen LogP contribution in [0.3, 0.4) is 0 Å². The second kappa shape index (κ2) is 14.5. The van der Waals surface area contributed by atoms with E-state index in [2.05, 4.69) is 0 Å². The molecule has 31 heavy (non-hydrogen) atoms. The fraction of sp³-hybridized carbons (Fsp3) is 0. The molecule has 0 radical (unpaired) electrons. The van der Waals surface area contributed by atoms with Crippen LogP contribution in [0.4, 0.5) is 0 Å². The zero-order chi connectivity index (χ0) is 19.7. The third-order valence-electron chi connectivity index (χ3n) is 3.78. The summed E-state index contributed by atoms with van der Waals surface area (Å²) in [6.45, 7) is 0. The van der Waals surface area contributed by atoms with Crippen LogP contribution in [0.15, 0.2) is 88.7 Å². The Balaban J connectivity index is 0. The van der Waals surface area contributed by atoms with Gasteiger partial charge >= 0.3 is 103 Å². The van der Waals surface area contributed by atoms with E-state index in [1.807, 2.05) is 0 Å². The van der Waals surface area contributed by atoms with Crippen molar-refractivity contribution in [2.24, 2.45) is 0 Å². The molecular weight excluding hydrogens is 517 g/mol. The van der Waals surface area contributed by atoms with Gasteiger partial charge in [-0.25, -0.2) is 0 Å². The van der Waals surface area contributed by atoms with Crippen LogP contribution in [-0.4, -0.2) is 140 Å². The molecule has 0 spiro atoms. The quantitative estimate of drug-likeness (QED) is 0.239. The van der Waals surface area contributed by atoms with Crippen molar-refractivity contribution in [1.82, 2.24) is 0 Å². The molecule has 160 valence electrons. The maximum atomic E-state index is 11.9. The molecule has 13 heteroatoms. The zero-order valence-corrected chi connectivity index (χ0v) is 17.3. The summed E-state index contributed by atoms with van der Waals surface area (Å²) in [5, 5.41) is 1.19. The predicted molar refractivity (Wildman–Crippen MR) is 126 cm³/mol. The van der Waals surface area contributed by atoms with Crippen LogP contribution < -0.4 is 15.9 Å². The first kappa shape index (κ1) is 34.3. The van der Waals surface area contributed by atoms with Crippen LogP contribution in [0.2, 0.25) is 0 Å². The van der Waals surface area contributed by atoms with Gasteiger partial charge in [-0.05, 0) is 25.4 Å². The van der Waals surface area contributed by atoms with E-state index in [1.54, 1.807) is 42.5 Å². The minimum absolute atomic E-state index is 0. The van der Waals surface area contributed by atoms with Gasteiger partial charge in [0.1, 0.15) is 9.79 Å². The molecule has 0 aliphatic heterocycles. The van der Waals surface area contributed by atoms with E-state index in [0.29, 0.717) is 5.30 Å². The fourth-order valence-electron chi connectivity index (χ4n) is 2.71. The molecule has 0 bridgehead atoms. The van der Waals surface area contributed by atoms with Gasteiger partial charge in [0, 0.05) is 10.6 Å². The van der Waals surface area contributed by atoms with Crippen LogP contribution in [0, 0.1) is 0 Å². The van der Waals surface area contributed by atoms with Crippen molar-refractivity contribution in [3.05, 3.63) is 78.9 Å². The van der Waals surface area contributed by atoms with Crippen LogP contribution >= 0.6 is 7.92 Å². The van der Waals surface area contributed by atoms with Crippen LogP contribution in [-0.2, 0) is 20.2 Å². The molecule has 0 aromatic heterocycles. The Kier molecular flexibility index (Phi) is 16.0. The molecule has 3 aromatic rings. The maximum absolute atomic E-state index is 11.9. The summed E-state index contributed by atoms with van der Waals surface area (Å²) in [5.74, 6) is 0. The van der Waals surface area contributed by atoms with Gasteiger partial charge in [0.25, 0.3) is 20.2 Å². The van der Waals surface area contributed by atoms with E-state index >= 15 is 0 Å². The molecule has 0 fully saturated rings. The molecule has 0 saturated heterocycles. The number of hydrogen-bond acceptors (Lipinski definition) is 4. The van der Waals surface area contributed by atoms with Crippen LogP contribution in [0.5, 0.6) is 0 Å². The first-order chi connectivity index (χ1) is 12.7. The monoisotopic (exact) mass is 538 g/mol. The Labute approximate surface area is 267 Å². The Hall–Kier alpha value is 1.10. The van der Waals surface area contributed by atoms with Gasteiger partial charge in [0.15, 0.2) is 0 Å². The molecule has 0 saturated carbocycles. The van der Waals surface area contributed by atoms with E-state index in [9.17, 15) is 25.9 Å². The molecule has 0 aliphatic rings. The van der Waals surface area contributed by atoms with Crippen LogP contribution in [0.1, 0.15) is 0 Å². The molecule has 8 nitrogen and oxygen atoms in total. The SMILES string of the molecule is O.O.O=S(=O)(O)c1ccccc1P(c1ccccc1)c1ccccc1S(=O)(=O)O.[KH].[KH]. The molecular formula is C18H21K2O8PS2. The first-order valence-electron chi connectivity index (χ1n) is 7.68. The number of rotatable bonds is 5. The van der Waals surface area contributed by atoms with Gasteiger partial charge in [-0.2, -0.15) is 16.8 Å². The van der Waals surface area contributed by atoms with Gasteiger partial charge in [0.2, 0.25) is 0 Å². The molecule has 0 aliphatic carbocycles. The summed E-state index contributed by atoms with van der Waals surface area (Å²) in [6.07, 6.45) is 0. The molecule has 0 atom stereocenters. The van der Waals surface area contributed by atoms with Gasteiger partial charge in [-0.1, -0.05) is 66.7 Å². The minimum atomic E-state index is -4.54. The van der Waals surface area contributed by atoms with Crippen LogP contribution in [0.25, 0.3) is 0 Å². The van der Waals surface area contributed by atoms with Crippen molar-refractivity contribution in [3.8, 4) is 0 Å². The summed E-state index contributed by atoms with van der Waals surface area (Å²) < 4.78 is 66.9. The molecule has 0 heterocycles. The topological polar surface area (TPSA) is 172 Å². The molecule has 0 amide bonds. The van der Waals surface area contributed by atoms with E-state index in [0.717, 1.165) is 0 Å². The van der Waals surface area contributed by atoms with E-state index in [4.69, 9.17) is 0 Å². The van der Waals surface area contributed by atoms with Crippen molar-refractivity contribution >= 4 is 147 Å². The van der Waals surface area contributed by atoms with Gasteiger partial charge < -0.3 is 11.0 Å². The predicted octanol–water partition coefficient (Wildman–Crippen LogP) is -1.01. The molecule has 0 unspecified atom stereocenters. The normalized spacial score (nSPS) is 10.7. The molecule has 3 rings (SSSR count). The number of hydrogen-bond donors (Lipinski definition) is 2. The fourth-order valence-corrected chi connectivity index (χ4v) is 7.46. The summed E-state index contributed by atoms with van der Waals surface area (Å²) in [5.41, 5.74) is 0. The second-order valence-corrected chi connectivity index (χ2v) is 10.5. The average Bonchev–Trinajstić information content (AvgIpc) is 2.62. The van der Waals surface area contributed by atoms with Crippen molar-refractivity contribution in [2.45, 2.75) is 9.79 Å². The molecule has 3 aromatic carbocycles. The van der Waals surface area contributed by atoms with Crippen molar-refractivity contribution in [2.75, 3.05) is 0 Å². The van der Waals surface area contributed by atoms with Gasteiger partial charge in [-0.3, -0.25) is 9.11 Å². The molecule has 6 N–H and O–H groups in total. The Morgan fingerprint density at radius 3 is 1.23 bits per heavy atom. The van der Waals surface area contributed by atoms with E-state index in [1.165, 1.54) is 36.4 Å². The summed E-state index contributed by atoms with van der Waals surface area (Å²) in [7, 11) is -10.8. The Morgan fingerprint density at radius 1 is 0.548 bits per heavy atom. The average molecular weight is 539 g/mol. The standard InChI is InChI=1S/C18H15O6PS2.2K.2H2O.2H/c19-26(20,21)17-12-6-4-10-15(17)25(14-8-2-1-3-9-14)16-11-5-7-13-18(16)27(22,23)24;;;;;;/h1-13H,(H,19,20,21)(H,22,23,24);;;2*1H2;;. The van der Waals surface area contributed by atoms with Gasteiger partial charge in [0.05, 0.1) is 0 Å². The van der Waals surface area contributed by atoms with Gasteiger partial charge in [-0.15, -0.1) is 0 Å². The third-order valence-corrected chi connectivity index (χ3v) is 8.47. The van der Waals surface area contributed by atoms with Crippen molar-refractivity contribution < 1.29 is 36.9 Å². The van der Waals surface area contributed by atoms with Crippen molar-refractivity contribution in [3.63, 3.8) is 0 Å². The summed E-state index contributed by atoms with van der Waals surface area (Å²) >= 11 is 0. The summed E-state index contributed by atoms with van der Waals surface area (Å²) in [6, 6.07) is 20.5. The Morgan fingerprint density at radius 2 is 0.871 bits per heavy atom.